The summed E-state index contributed by atoms with van der Waals surface area (Å²) in [6.45, 7) is 11.4. The third-order valence-corrected chi connectivity index (χ3v) is 5.28. The zero-order chi connectivity index (χ0) is 8.20. The van der Waals surface area contributed by atoms with Gasteiger partial charge in [0.1, 0.15) is 0 Å². The highest BCUT2D eigenvalue weighted by molar-refractivity contribution is 7.98. The van der Waals surface area contributed by atoms with Gasteiger partial charge in [0.15, 0.2) is 0 Å². The van der Waals surface area contributed by atoms with E-state index in [1.165, 1.54) is 12.2 Å². The lowest BCUT2D eigenvalue weighted by atomic mass is 10.4. The van der Waals surface area contributed by atoms with Crippen LogP contribution in [0.15, 0.2) is 0 Å². The smallest absolute Gasteiger partial charge is 0.0474 e. The second-order valence-electron chi connectivity index (χ2n) is 3.84. The molecule has 0 bridgehead atoms. The lowest BCUT2D eigenvalue weighted by molar-refractivity contribution is 0.924. The minimum atomic E-state index is -0.922. The third kappa shape index (κ3) is 4.39. The maximum Gasteiger partial charge on any atom is 0.0474 e. The summed E-state index contributed by atoms with van der Waals surface area (Å²) in [5.41, 5.74) is 0.736. The van der Waals surface area contributed by atoms with Crippen molar-refractivity contribution in [3.05, 3.63) is 6.92 Å². The van der Waals surface area contributed by atoms with Gasteiger partial charge in [0.25, 0.3) is 0 Å². The van der Waals surface area contributed by atoms with Crippen LogP contribution in [0.1, 0.15) is 6.42 Å². The van der Waals surface area contributed by atoms with Crippen molar-refractivity contribution in [3.8, 4) is 0 Å². The van der Waals surface area contributed by atoms with Gasteiger partial charge in [0, 0.05) is 8.07 Å². The largest absolute Gasteiger partial charge is 0.165 e. The fourth-order valence-electron chi connectivity index (χ4n) is 0.693. The van der Waals surface area contributed by atoms with Crippen LogP contribution in [0.4, 0.5) is 0 Å². The second kappa shape index (κ2) is 4.45. The van der Waals surface area contributed by atoms with Crippen molar-refractivity contribution < 1.29 is 0 Å². The number of hydrogen-bond acceptors (Lipinski definition) is 1. The Morgan fingerprint density at radius 2 is 1.90 bits per heavy atom. The molecule has 0 aromatic carbocycles. The van der Waals surface area contributed by atoms with Gasteiger partial charge in [-0.1, -0.05) is 26.6 Å². The average molecular weight is 175 g/mol. The molecule has 0 aliphatic carbocycles. The molecule has 0 rings (SSSR count). The normalized spacial score (nSPS) is 15.3. The average Bonchev–Trinajstić information content (AvgIpc) is 1.80. The molecule has 0 saturated carbocycles. The highest BCUT2D eigenvalue weighted by Gasteiger charge is 2.21. The van der Waals surface area contributed by atoms with Gasteiger partial charge in [-0.25, -0.2) is 0 Å². The Bertz CT molecular complexity index is 85.7. The first-order chi connectivity index (χ1) is 4.48. The van der Waals surface area contributed by atoms with Crippen LogP contribution in [0.5, 0.6) is 0 Å². The monoisotopic (exact) mass is 175 g/mol. The molecule has 0 aromatic heterocycles. The van der Waals surface area contributed by atoms with E-state index in [2.05, 4.69) is 32.8 Å². The van der Waals surface area contributed by atoms with Crippen molar-refractivity contribution >= 4 is 19.8 Å². The summed E-state index contributed by atoms with van der Waals surface area (Å²) in [7, 11) is -0.922. The Morgan fingerprint density at radius 3 is 2.20 bits per heavy atom. The summed E-state index contributed by atoms with van der Waals surface area (Å²) in [5, 5.41) is 0. The van der Waals surface area contributed by atoms with E-state index in [1.54, 1.807) is 0 Å². The molecule has 10 heavy (non-hydrogen) atoms. The maximum atomic E-state index is 4.20. The van der Waals surface area contributed by atoms with E-state index >= 15 is 0 Å². The molecule has 2 heteroatoms. The fraction of sp³-hybridized carbons (Fsp3) is 0.875. The number of thioether (sulfide) groups is 1. The molecule has 61 valence electrons. The van der Waals surface area contributed by atoms with Gasteiger partial charge in [0.2, 0.25) is 0 Å². The van der Waals surface area contributed by atoms with E-state index in [4.69, 9.17) is 0 Å². The van der Waals surface area contributed by atoms with Crippen molar-refractivity contribution in [2.24, 2.45) is 0 Å². The van der Waals surface area contributed by atoms with Crippen LogP contribution in [0.2, 0.25) is 25.2 Å². The molecule has 0 spiro atoms. The summed E-state index contributed by atoms with van der Waals surface area (Å²) >= 11 is 1.93. The summed E-state index contributed by atoms with van der Waals surface area (Å²) in [6, 6.07) is 0. The summed E-state index contributed by atoms with van der Waals surface area (Å²) in [6.07, 6.45) is 3.47. The van der Waals surface area contributed by atoms with Gasteiger partial charge in [0.05, 0.1) is 0 Å². The Kier molecular flexibility index (Phi) is 4.70. The van der Waals surface area contributed by atoms with Gasteiger partial charge in [-0.15, -0.1) is 0 Å². The molecule has 0 amide bonds. The van der Waals surface area contributed by atoms with E-state index < -0.39 is 8.07 Å². The van der Waals surface area contributed by atoms with Gasteiger partial charge in [-0.2, -0.15) is 11.8 Å². The predicted octanol–water partition coefficient (Wildman–Crippen LogP) is 3.28. The van der Waals surface area contributed by atoms with Crippen LogP contribution in [-0.4, -0.2) is 20.1 Å². The van der Waals surface area contributed by atoms with Crippen molar-refractivity contribution in [2.75, 3.05) is 12.0 Å². The van der Waals surface area contributed by atoms with Crippen LogP contribution in [0.3, 0.4) is 0 Å². The lowest BCUT2D eigenvalue weighted by Crippen LogP contribution is -2.26. The molecule has 1 unspecified atom stereocenters. The first-order valence-electron chi connectivity index (χ1n) is 3.80. The Balaban J connectivity index is 3.52. The quantitative estimate of drug-likeness (QED) is 0.591. The maximum absolute atomic E-state index is 4.20. The second-order valence-corrected chi connectivity index (χ2v) is 10.4. The lowest BCUT2D eigenvalue weighted by Gasteiger charge is -2.24. The topological polar surface area (TPSA) is 0 Å². The van der Waals surface area contributed by atoms with Crippen LogP contribution >= 0.6 is 11.8 Å². The van der Waals surface area contributed by atoms with Crippen LogP contribution in [-0.2, 0) is 0 Å². The van der Waals surface area contributed by atoms with Crippen LogP contribution in [0, 0.1) is 6.92 Å². The van der Waals surface area contributed by atoms with Crippen molar-refractivity contribution in [1.82, 2.24) is 0 Å². The van der Waals surface area contributed by atoms with E-state index in [-0.39, 0.29) is 0 Å². The molecular formula is C8H19SSi. The van der Waals surface area contributed by atoms with E-state index in [1.807, 2.05) is 11.8 Å². The first kappa shape index (κ1) is 10.6. The molecule has 1 atom stereocenters. The molecule has 0 nitrogen and oxygen atoms in total. The fourth-order valence-corrected chi connectivity index (χ4v) is 2.43. The van der Waals surface area contributed by atoms with Crippen molar-refractivity contribution in [3.63, 3.8) is 0 Å². The zero-order valence-electron chi connectivity index (χ0n) is 7.61. The van der Waals surface area contributed by atoms with Crippen LogP contribution in [0.25, 0.3) is 0 Å². The highest BCUT2D eigenvalue weighted by atomic mass is 32.2. The SMILES string of the molecule is [CH2]C(CCSC)[Si](C)(C)C. The summed E-state index contributed by atoms with van der Waals surface area (Å²) in [5.74, 6) is 1.28. The molecule has 0 N–H and O–H groups in total. The highest BCUT2D eigenvalue weighted by Crippen LogP contribution is 2.24. The van der Waals surface area contributed by atoms with E-state index in [9.17, 15) is 0 Å². The zero-order valence-corrected chi connectivity index (χ0v) is 9.42. The molecule has 0 aliphatic heterocycles. The third-order valence-electron chi connectivity index (χ3n) is 1.90. The van der Waals surface area contributed by atoms with Crippen molar-refractivity contribution in [1.29, 1.82) is 0 Å². The molecule has 0 aliphatic rings. The van der Waals surface area contributed by atoms with Crippen molar-refractivity contribution in [2.45, 2.75) is 31.6 Å². The Hall–Kier alpha value is 0.567. The molecule has 0 fully saturated rings. The predicted molar refractivity (Wildman–Crippen MR) is 55.5 cm³/mol. The van der Waals surface area contributed by atoms with Gasteiger partial charge in [-0.05, 0) is 24.0 Å². The summed E-state index contributed by atoms with van der Waals surface area (Å²) in [4.78, 5) is 0. The molecular weight excluding hydrogens is 156 g/mol. The van der Waals surface area contributed by atoms with Crippen LogP contribution < -0.4 is 0 Å². The Labute approximate surface area is 70.8 Å². The molecule has 0 saturated heterocycles. The van der Waals surface area contributed by atoms with Gasteiger partial charge < -0.3 is 0 Å². The first-order valence-corrected chi connectivity index (χ1v) is 8.77. The number of rotatable bonds is 4. The minimum Gasteiger partial charge on any atom is -0.165 e. The molecule has 0 heterocycles. The summed E-state index contributed by atoms with van der Waals surface area (Å²) < 4.78 is 0. The molecule has 1 radical (unpaired) electrons. The van der Waals surface area contributed by atoms with E-state index in [0.29, 0.717) is 0 Å². The molecule has 0 aromatic rings. The minimum absolute atomic E-state index is 0.736. The van der Waals surface area contributed by atoms with Gasteiger partial charge >= 0.3 is 0 Å². The Morgan fingerprint density at radius 1 is 1.40 bits per heavy atom. The van der Waals surface area contributed by atoms with Gasteiger partial charge in [-0.3, -0.25) is 0 Å². The number of hydrogen-bond donors (Lipinski definition) is 0. The van der Waals surface area contributed by atoms with E-state index in [0.717, 1.165) is 5.54 Å². The standard InChI is InChI=1S/C8H19SSi/c1-8(6-7-9-2)10(3,4)5/h8H,1,6-7H2,2-5H3.